The number of ether oxygens (including phenoxy) is 2. The number of halogens is 1. The summed E-state index contributed by atoms with van der Waals surface area (Å²) in [4.78, 5) is 19.7. The lowest BCUT2D eigenvalue weighted by molar-refractivity contribution is 0.355. The van der Waals surface area contributed by atoms with Gasteiger partial charge in [-0.15, -0.1) is 0 Å². The van der Waals surface area contributed by atoms with Crippen LogP contribution in [-0.2, 0) is 0 Å². The highest BCUT2D eigenvalue weighted by molar-refractivity contribution is 5.83. The minimum Gasteiger partial charge on any atom is -0.493 e. The Morgan fingerprint density at radius 1 is 0.893 bits per heavy atom. The third kappa shape index (κ3) is 3.09. The minimum absolute atomic E-state index is 0.281. The Morgan fingerprint density at radius 3 is 2.29 bits per heavy atom. The fourth-order valence-corrected chi connectivity index (χ4v) is 3.12. The van der Waals surface area contributed by atoms with Gasteiger partial charge in [-0.1, -0.05) is 42.5 Å². The van der Waals surface area contributed by atoms with E-state index in [-0.39, 0.29) is 11.4 Å². The molecule has 0 atom stereocenters. The van der Waals surface area contributed by atoms with Crippen LogP contribution in [0.3, 0.4) is 0 Å². The number of hydrogen-bond donors (Lipinski definition) is 1. The highest BCUT2D eigenvalue weighted by atomic mass is 19.1. The van der Waals surface area contributed by atoms with Crippen molar-refractivity contribution in [2.24, 2.45) is 0 Å². The van der Waals surface area contributed by atoms with Crippen molar-refractivity contribution in [3.05, 3.63) is 76.8 Å². The molecule has 0 aliphatic rings. The zero-order valence-corrected chi connectivity index (χ0v) is 15.3. The van der Waals surface area contributed by atoms with E-state index in [0.29, 0.717) is 33.5 Å². The fraction of sp³-hybridized carbons (Fsp3) is 0.0909. The Morgan fingerprint density at radius 2 is 1.61 bits per heavy atom. The lowest BCUT2D eigenvalue weighted by Gasteiger charge is -2.10. The monoisotopic (exact) mass is 376 g/mol. The van der Waals surface area contributed by atoms with Crippen molar-refractivity contribution in [3.63, 3.8) is 0 Å². The third-order valence-electron chi connectivity index (χ3n) is 4.54. The van der Waals surface area contributed by atoms with E-state index >= 15 is 0 Å². The summed E-state index contributed by atoms with van der Waals surface area (Å²) in [5.41, 5.74) is 1.84. The van der Waals surface area contributed by atoms with Gasteiger partial charge in [0.05, 0.1) is 25.1 Å². The molecule has 1 heterocycles. The van der Waals surface area contributed by atoms with Crippen LogP contribution in [0.5, 0.6) is 11.5 Å². The fourth-order valence-electron chi connectivity index (χ4n) is 3.12. The quantitative estimate of drug-likeness (QED) is 0.573. The van der Waals surface area contributed by atoms with E-state index in [1.807, 2.05) is 30.3 Å². The first-order chi connectivity index (χ1) is 13.6. The lowest BCUT2D eigenvalue weighted by atomic mass is 10.0. The Hall–Kier alpha value is -3.67. The molecular weight excluding hydrogens is 359 g/mol. The molecule has 140 valence electrons. The molecule has 6 heteroatoms. The highest BCUT2D eigenvalue weighted by Crippen LogP contribution is 2.31. The second kappa shape index (κ2) is 7.15. The van der Waals surface area contributed by atoms with E-state index in [0.717, 1.165) is 5.56 Å². The van der Waals surface area contributed by atoms with Crippen molar-refractivity contribution in [2.45, 2.75) is 0 Å². The number of nitrogens with one attached hydrogen (secondary N) is 1. The first-order valence-corrected chi connectivity index (χ1v) is 8.62. The average Bonchev–Trinajstić information content (AvgIpc) is 2.73. The summed E-state index contributed by atoms with van der Waals surface area (Å²) in [5, 5.41) is 0.364. The maximum absolute atomic E-state index is 14.7. The highest BCUT2D eigenvalue weighted by Gasteiger charge is 2.13. The molecule has 0 amide bonds. The predicted octanol–water partition coefficient (Wildman–Crippen LogP) is 4.41. The van der Waals surface area contributed by atoms with Crippen LogP contribution in [0.4, 0.5) is 4.39 Å². The van der Waals surface area contributed by atoms with Crippen molar-refractivity contribution >= 4 is 10.9 Å². The molecule has 0 bridgehead atoms. The van der Waals surface area contributed by atoms with Crippen molar-refractivity contribution in [1.82, 2.24) is 9.97 Å². The van der Waals surface area contributed by atoms with Crippen LogP contribution in [0.15, 0.2) is 65.5 Å². The molecule has 0 aliphatic carbocycles. The van der Waals surface area contributed by atoms with Crippen LogP contribution in [0, 0.1) is 5.82 Å². The van der Waals surface area contributed by atoms with Crippen LogP contribution in [-0.4, -0.2) is 24.2 Å². The topological polar surface area (TPSA) is 64.2 Å². The second-order valence-electron chi connectivity index (χ2n) is 6.20. The van der Waals surface area contributed by atoms with Gasteiger partial charge in [0.25, 0.3) is 5.56 Å². The summed E-state index contributed by atoms with van der Waals surface area (Å²) in [6, 6.07) is 17.2. The van der Waals surface area contributed by atoms with Gasteiger partial charge in [-0.2, -0.15) is 0 Å². The molecular formula is C22H17FN2O3. The number of aromatic nitrogens is 2. The van der Waals surface area contributed by atoms with E-state index in [1.165, 1.54) is 20.3 Å². The average molecular weight is 376 g/mol. The Balaban J connectivity index is 1.83. The summed E-state index contributed by atoms with van der Waals surface area (Å²) >= 11 is 0. The summed E-state index contributed by atoms with van der Waals surface area (Å²) in [5.74, 6) is 0.792. The van der Waals surface area contributed by atoms with Gasteiger partial charge in [0, 0.05) is 17.2 Å². The first kappa shape index (κ1) is 17.7. The number of rotatable bonds is 4. The molecule has 28 heavy (non-hydrogen) atoms. The van der Waals surface area contributed by atoms with Crippen LogP contribution in [0.1, 0.15) is 0 Å². The molecule has 4 aromatic rings. The predicted molar refractivity (Wildman–Crippen MR) is 106 cm³/mol. The first-order valence-electron chi connectivity index (χ1n) is 8.62. The SMILES string of the molecule is COc1cc2nc(-c3ccc(-c4ccccc4)c(F)c3)[nH]c(=O)c2cc1OC. The zero-order valence-electron chi connectivity index (χ0n) is 15.3. The zero-order chi connectivity index (χ0) is 19.7. The smallest absolute Gasteiger partial charge is 0.259 e. The molecule has 0 aliphatic heterocycles. The van der Waals surface area contributed by atoms with Gasteiger partial charge in [0.1, 0.15) is 11.6 Å². The van der Waals surface area contributed by atoms with Gasteiger partial charge in [0.2, 0.25) is 0 Å². The number of fused-ring (bicyclic) bond motifs is 1. The molecule has 0 saturated carbocycles. The molecule has 0 spiro atoms. The van der Waals surface area contributed by atoms with E-state index in [1.54, 1.807) is 24.3 Å². The summed E-state index contributed by atoms with van der Waals surface area (Å²) in [6.45, 7) is 0. The van der Waals surface area contributed by atoms with E-state index in [2.05, 4.69) is 9.97 Å². The Labute approximate surface area is 160 Å². The Kier molecular flexibility index (Phi) is 4.53. The molecule has 5 nitrogen and oxygen atoms in total. The molecule has 0 saturated heterocycles. The molecule has 3 aromatic carbocycles. The van der Waals surface area contributed by atoms with Crippen molar-refractivity contribution in [2.75, 3.05) is 14.2 Å². The number of benzene rings is 3. The molecule has 1 aromatic heterocycles. The second-order valence-corrected chi connectivity index (χ2v) is 6.20. The van der Waals surface area contributed by atoms with Crippen molar-refractivity contribution in [1.29, 1.82) is 0 Å². The summed E-state index contributed by atoms with van der Waals surface area (Å²) < 4.78 is 25.2. The van der Waals surface area contributed by atoms with E-state index < -0.39 is 5.82 Å². The van der Waals surface area contributed by atoms with Crippen LogP contribution < -0.4 is 15.0 Å². The maximum atomic E-state index is 14.7. The molecule has 0 fully saturated rings. The minimum atomic E-state index is -0.390. The van der Waals surface area contributed by atoms with Gasteiger partial charge in [-0.05, 0) is 17.7 Å². The van der Waals surface area contributed by atoms with Crippen LogP contribution >= 0.6 is 0 Å². The number of H-pyrrole nitrogens is 1. The molecule has 0 unspecified atom stereocenters. The third-order valence-corrected chi connectivity index (χ3v) is 4.54. The number of nitrogens with zero attached hydrogens (tertiary/aromatic N) is 1. The van der Waals surface area contributed by atoms with Gasteiger partial charge in [-0.3, -0.25) is 4.79 Å². The van der Waals surface area contributed by atoms with Crippen molar-refractivity contribution < 1.29 is 13.9 Å². The van der Waals surface area contributed by atoms with Gasteiger partial charge < -0.3 is 14.5 Å². The van der Waals surface area contributed by atoms with E-state index in [9.17, 15) is 9.18 Å². The Bertz CT molecular complexity index is 1220. The largest absolute Gasteiger partial charge is 0.493 e. The van der Waals surface area contributed by atoms with E-state index in [4.69, 9.17) is 9.47 Å². The maximum Gasteiger partial charge on any atom is 0.259 e. The molecule has 1 N–H and O–H groups in total. The number of hydrogen-bond acceptors (Lipinski definition) is 4. The van der Waals surface area contributed by atoms with Crippen molar-refractivity contribution in [3.8, 4) is 34.0 Å². The normalized spacial score (nSPS) is 10.8. The van der Waals surface area contributed by atoms with Crippen LogP contribution in [0.2, 0.25) is 0 Å². The van der Waals surface area contributed by atoms with Crippen LogP contribution in [0.25, 0.3) is 33.4 Å². The standard InChI is InChI=1S/C22H17FN2O3/c1-27-19-11-16-18(12-20(19)28-2)24-21(25-22(16)26)14-8-9-15(17(23)10-14)13-6-4-3-5-7-13/h3-12H,1-2H3,(H,24,25,26). The molecule has 0 radical (unpaired) electrons. The summed E-state index contributed by atoms with van der Waals surface area (Å²) in [6.07, 6.45) is 0. The van der Waals surface area contributed by atoms with Gasteiger partial charge in [-0.25, -0.2) is 9.37 Å². The lowest BCUT2D eigenvalue weighted by Crippen LogP contribution is -2.10. The number of methoxy groups -OCH3 is 2. The van der Waals surface area contributed by atoms with Gasteiger partial charge in [0.15, 0.2) is 11.5 Å². The molecule has 4 rings (SSSR count). The van der Waals surface area contributed by atoms with Gasteiger partial charge >= 0.3 is 0 Å². The summed E-state index contributed by atoms with van der Waals surface area (Å²) in [7, 11) is 3.01. The number of aromatic amines is 1.